The van der Waals surface area contributed by atoms with Gasteiger partial charge >= 0.3 is 0 Å². The average Bonchev–Trinajstić information content (AvgIpc) is 2.64. The van der Waals surface area contributed by atoms with E-state index in [0.29, 0.717) is 0 Å². The summed E-state index contributed by atoms with van der Waals surface area (Å²) in [6, 6.07) is 16.2. The van der Waals surface area contributed by atoms with Crippen molar-refractivity contribution in [2.75, 3.05) is 36.5 Å². The molecule has 1 saturated heterocycles. The van der Waals surface area contributed by atoms with Gasteiger partial charge in [0, 0.05) is 18.0 Å². The van der Waals surface area contributed by atoms with Gasteiger partial charge in [-0.15, -0.1) is 11.8 Å². The first-order valence-corrected chi connectivity index (χ1v) is 9.47. The van der Waals surface area contributed by atoms with Crippen LogP contribution in [0.25, 0.3) is 0 Å². The first kappa shape index (κ1) is 17.8. The third-order valence-corrected chi connectivity index (χ3v) is 5.33. The van der Waals surface area contributed by atoms with Crippen molar-refractivity contribution in [3.05, 3.63) is 54.1 Å². The molecule has 1 N–H and O–H groups in total. The maximum Gasteiger partial charge on any atom is 0.237 e. The number of anilines is 2. The SMILES string of the molecule is Cc1ccc(S[C@@H](C)C(=O)Nc2ccccc2N2CCOCC2)cc1. The molecule has 0 radical (unpaired) electrons. The number of nitrogens with zero attached hydrogens (tertiary/aromatic N) is 1. The van der Waals surface area contributed by atoms with E-state index in [4.69, 9.17) is 4.74 Å². The fraction of sp³-hybridized carbons (Fsp3) is 0.350. The average molecular weight is 356 g/mol. The summed E-state index contributed by atoms with van der Waals surface area (Å²) in [6.07, 6.45) is 0. The molecule has 3 rings (SSSR count). The first-order chi connectivity index (χ1) is 12.1. The Kier molecular flexibility index (Phi) is 6.00. The Morgan fingerprint density at radius 3 is 2.52 bits per heavy atom. The van der Waals surface area contributed by atoms with Crippen LogP contribution < -0.4 is 10.2 Å². The number of para-hydroxylation sites is 2. The summed E-state index contributed by atoms with van der Waals surface area (Å²) in [5, 5.41) is 2.93. The summed E-state index contributed by atoms with van der Waals surface area (Å²) in [4.78, 5) is 16.0. The number of rotatable bonds is 5. The molecular formula is C20H24N2O2S. The monoisotopic (exact) mass is 356 g/mol. The number of hydrogen-bond donors (Lipinski definition) is 1. The maximum atomic E-state index is 12.6. The summed E-state index contributed by atoms with van der Waals surface area (Å²) >= 11 is 1.58. The highest BCUT2D eigenvalue weighted by Crippen LogP contribution is 2.29. The van der Waals surface area contributed by atoms with Crippen LogP contribution in [-0.2, 0) is 9.53 Å². The van der Waals surface area contributed by atoms with Crippen LogP contribution in [0, 0.1) is 6.92 Å². The van der Waals surface area contributed by atoms with Crippen LogP contribution in [0.1, 0.15) is 12.5 Å². The Morgan fingerprint density at radius 1 is 1.12 bits per heavy atom. The normalized spacial score (nSPS) is 15.7. The summed E-state index contributed by atoms with van der Waals surface area (Å²) in [5.41, 5.74) is 3.15. The van der Waals surface area contributed by atoms with E-state index in [9.17, 15) is 4.79 Å². The van der Waals surface area contributed by atoms with Crippen molar-refractivity contribution in [3.8, 4) is 0 Å². The molecule has 1 aliphatic rings. The zero-order valence-corrected chi connectivity index (χ0v) is 15.5. The van der Waals surface area contributed by atoms with Crippen LogP contribution in [-0.4, -0.2) is 37.5 Å². The maximum absolute atomic E-state index is 12.6. The third-order valence-electron chi connectivity index (χ3n) is 4.22. The zero-order valence-electron chi connectivity index (χ0n) is 14.7. The largest absolute Gasteiger partial charge is 0.378 e. The van der Waals surface area contributed by atoms with Gasteiger partial charge in [0.25, 0.3) is 0 Å². The molecule has 2 aromatic rings. The number of carbonyl (C=O) groups is 1. The van der Waals surface area contributed by atoms with E-state index in [0.717, 1.165) is 42.6 Å². The van der Waals surface area contributed by atoms with Gasteiger partial charge in [0.2, 0.25) is 5.91 Å². The molecule has 1 fully saturated rings. The van der Waals surface area contributed by atoms with Gasteiger partial charge in [0.15, 0.2) is 0 Å². The van der Waals surface area contributed by atoms with E-state index >= 15 is 0 Å². The number of nitrogens with one attached hydrogen (secondary N) is 1. The molecular weight excluding hydrogens is 332 g/mol. The minimum absolute atomic E-state index is 0.0197. The molecule has 0 unspecified atom stereocenters. The van der Waals surface area contributed by atoms with Gasteiger partial charge in [-0.2, -0.15) is 0 Å². The molecule has 0 saturated carbocycles. The van der Waals surface area contributed by atoms with E-state index in [-0.39, 0.29) is 11.2 Å². The van der Waals surface area contributed by atoms with E-state index in [2.05, 4.69) is 47.5 Å². The van der Waals surface area contributed by atoms with Crippen molar-refractivity contribution in [1.82, 2.24) is 0 Å². The van der Waals surface area contributed by atoms with Gasteiger partial charge in [-0.1, -0.05) is 29.8 Å². The number of carbonyl (C=O) groups excluding carboxylic acids is 1. The second-order valence-electron chi connectivity index (χ2n) is 6.18. The highest BCUT2D eigenvalue weighted by molar-refractivity contribution is 8.00. The van der Waals surface area contributed by atoms with Crippen LogP contribution >= 0.6 is 11.8 Å². The number of hydrogen-bond acceptors (Lipinski definition) is 4. The van der Waals surface area contributed by atoms with E-state index < -0.39 is 0 Å². The fourth-order valence-electron chi connectivity index (χ4n) is 2.77. The number of ether oxygens (including phenoxy) is 1. The quantitative estimate of drug-likeness (QED) is 0.824. The number of aryl methyl sites for hydroxylation is 1. The van der Waals surface area contributed by atoms with Gasteiger partial charge in [-0.25, -0.2) is 0 Å². The molecule has 4 nitrogen and oxygen atoms in total. The zero-order chi connectivity index (χ0) is 17.6. The molecule has 132 valence electrons. The fourth-order valence-corrected chi connectivity index (χ4v) is 3.64. The van der Waals surface area contributed by atoms with Crippen LogP contribution in [0.2, 0.25) is 0 Å². The predicted molar refractivity (Wildman–Crippen MR) is 105 cm³/mol. The van der Waals surface area contributed by atoms with Crippen molar-refractivity contribution < 1.29 is 9.53 Å². The minimum atomic E-state index is -0.166. The molecule has 1 amide bonds. The summed E-state index contributed by atoms with van der Waals surface area (Å²) in [6.45, 7) is 7.15. The summed E-state index contributed by atoms with van der Waals surface area (Å²) in [5.74, 6) is 0.0197. The van der Waals surface area contributed by atoms with Crippen LogP contribution in [0.5, 0.6) is 0 Å². The van der Waals surface area contributed by atoms with Gasteiger partial charge in [-0.05, 0) is 38.1 Å². The Balaban J connectivity index is 1.66. The number of amides is 1. The van der Waals surface area contributed by atoms with Gasteiger partial charge < -0.3 is 15.0 Å². The first-order valence-electron chi connectivity index (χ1n) is 8.59. The molecule has 0 spiro atoms. The molecule has 0 aromatic heterocycles. The molecule has 0 aliphatic carbocycles. The standard InChI is InChI=1S/C20H24N2O2S/c1-15-7-9-17(10-8-15)25-16(2)20(23)21-18-5-3-4-6-19(18)22-11-13-24-14-12-22/h3-10,16H,11-14H2,1-2H3,(H,21,23)/t16-/m0/s1. The van der Waals surface area contributed by atoms with Crippen molar-refractivity contribution in [3.63, 3.8) is 0 Å². The Bertz CT molecular complexity index is 712. The van der Waals surface area contributed by atoms with Crippen LogP contribution in [0.4, 0.5) is 11.4 Å². The number of benzene rings is 2. The second kappa shape index (κ2) is 8.41. The molecule has 5 heteroatoms. The van der Waals surface area contributed by atoms with Gasteiger partial charge in [0.05, 0.1) is 29.8 Å². The Hall–Kier alpha value is -1.98. The van der Waals surface area contributed by atoms with Crippen LogP contribution in [0.3, 0.4) is 0 Å². The highest BCUT2D eigenvalue weighted by atomic mass is 32.2. The van der Waals surface area contributed by atoms with E-state index in [1.165, 1.54) is 5.56 Å². The lowest BCUT2D eigenvalue weighted by Gasteiger charge is -2.30. The lowest BCUT2D eigenvalue weighted by Crippen LogP contribution is -2.37. The number of thioether (sulfide) groups is 1. The smallest absolute Gasteiger partial charge is 0.237 e. The predicted octanol–water partition coefficient (Wildman–Crippen LogP) is 3.95. The van der Waals surface area contributed by atoms with Crippen LogP contribution in [0.15, 0.2) is 53.4 Å². The second-order valence-corrected chi connectivity index (χ2v) is 7.59. The van der Waals surface area contributed by atoms with E-state index in [1.807, 2.05) is 25.1 Å². The molecule has 2 aromatic carbocycles. The van der Waals surface area contributed by atoms with E-state index in [1.54, 1.807) is 11.8 Å². The lowest BCUT2D eigenvalue weighted by molar-refractivity contribution is -0.115. The Morgan fingerprint density at radius 2 is 1.80 bits per heavy atom. The number of morpholine rings is 1. The molecule has 1 atom stereocenters. The minimum Gasteiger partial charge on any atom is -0.378 e. The summed E-state index contributed by atoms with van der Waals surface area (Å²) in [7, 11) is 0. The lowest BCUT2D eigenvalue weighted by atomic mass is 10.2. The van der Waals surface area contributed by atoms with Crippen molar-refractivity contribution in [1.29, 1.82) is 0 Å². The molecule has 25 heavy (non-hydrogen) atoms. The molecule has 1 heterocycles. The van der Waals surface area contributed by atoms with Gasteiger partial charge in [0.1, 0.15) is 0 Å². The van der Waals surface area contributed by atoms with Gasteiger partial charge in [-0.3, -0.25) is 4.79 Å². The summed E-state index contributed by atoms with van der Waals surface area (Å²) < 4.78 is 5.42. The topological polar surface area (TPSA) is 41.6 Å². The molecule has 1 aliphatic heterocycles. The Labute approximate surface area is 153 Å². The molecule has 0 bridgehead atoms. The van der Waals surface area contributed by atoms with Crippen molar-refractivity contribution in [2.45, 2.75) is 24.0 Å². The highest BCUT2D eigenvalue weighted by Gasteiger charge is 2.19. The van der Waals surface area contributed by atoms with Crippen molar-refractivity contribution >= 4 is 29.0 Å². The van der Waals surface area contributed by atoms with Crippen molar-refractivity contribution in [2.24, 2.45) is 0 Å². The third kappa shape index (κ3) is 4.77.